The van der Waals surface area contributed by atoms with Crippen molar-refractivity contribution in [3.63, 3.8) is 0 Å². The van der Waals surface area contributed by atoms with Crippen LogP contribution >= 0.6 is 99.4 Å². The van der Waals surface area contributed by atoms with E-state index in [0.29, 0.717) is 46.0 Å². The summed E-state index contributed by atoms with van der Waals surface area (Å²) < 4.78 is 146. The molecule has 31 nitrogen and oxygen atoms in total. The molecule has 10 aromatic carbocycles. The van der Waals surface area contributed by atoms with E-state index < -0.39 is 107 Å². The van der Waals surface area contributed by atoms with E-state index in [1.165, 1.54) is 92.0 Å². The summed E-state index contributed by atoms with van der Waals surface area (Å²) in [5.41, 5.74) is 11.1. The molecule has 0 aliphatic carbocycles. The number of thiocarbonyl (C=S) groups is 2. The Bertz CT molecular complexity index is 5570. The van der Waals surface area contributed by atoms with Crippen molar-refractivity contribution >= 4 is 188 Å². The summed E-state index contributed by atoms with van der Waals surface area (Å²) in [7, 11) is -10.2. The maximum Gasteiger partial charge on any atom is 0.331 e. The van der Waals surface area contributed by atoms with Crippen LogP contribution in [-0.4, -0.2) is 183 Å². The molecule has 2 aliphatic heterocycles. The molecule has 0 radical (unpaired) electrons. The van der Waals surface area contributed by atoms with Gasteiger partial charge in [0.25, 0.3) is 0 Å². The van der Waals surface area contributed by atoms with E-state index in [2.05, 4.69) is 99.5 Å². The number of esters is 5. The van der Waals surface area contributed by atoms with E-state index in [-0.39, 0.29) is 80.8 Å². The predicted molar refractivity (Wildman–Crippen MR) is 511 cm³/mol. The van der Waals surface area contributed by atoms with Crippen molar-refractivity contribution in [1.29, 1.82) is 0 Å². The van der Waals surface area contributed by atoms with Crippen molar-refractivity contribution in [3.05, 3.63) is 273 Å². The number of halogens is 5. The van der Waals surface area contributed by atoms with Crippen LogP contribution in [0.15, 0.2) is 297 Å². The highest BCUT2D eigenvalue weighted by atomic mass is 79.9. The smallest absolute Gasteiger partial charge is 0.331 e. The molecule has 0 bridgehead atoms. The second kappa shape index (κ2) is 55.9. The Hall–Kier alpha value is -11.0. The third kappa shape index (κ3) is 34.0. The molecule has 0 atom stereocenters. The molecule has 2 aliphatic rings. The zero-order chi connectivity index (χ0) is 94.7. The average molecular weight is 2070 g/mol. The molecule has 0 unspecified atom stereocenters. The number of alkyl halides is 1. The van der Waals surface area contributed by atoms with Crippen molar-refractivity contribution in [3.8, 4) is 57.5 Å². The second-order valence-corrected chi connectivity index (χ2v) is 38.3. The van der Waals surface area contributed by atoms with Gasteiger partial charge in [-0.15, -0.1) is 12.6 Å². The van der Waals surface area contributed by atoms with E-state index >= 15 is 0 Å². The minimum absolute atomic E-state index is 0. The SMILES string of the molecule is C.C.COC(=O)C(CN)(CN)S(=O)(=O)c1ccc(Oc2ccccc2)cc1.COC(=O)C1(S(=O)(=O)c2ccc(Oc3ccccc3)cc2)CNC(=O)NC1.COC(=O)C1(S(=O)(=O)c2ccc(Oc3ccccc3)cc2)CNC(=S)NC1.COC(=O)CBr.COC(=O)CS(=O)(=O)c1ccc(Oc2ccccc2)cc1.O=C(Cl)Cl.S=C(Cl)Cl.Sc1ccc(Oc2ccccc2)cc1. The number of hydrogen-bond donors (Lipinski definition) is 7. The number of nitrogens with two attached hydrogens (primary N) is 2. The lowest BCUT2D eigenvalue weighted by Crippen LogP contribution is -2.66. The Balaban J connectivity index is 0.000000406. The van der Waals surface area contributed by atoms with Gasteiger partial charge < -0.3 is 80.1 Å². The molecule has 12 rings (SSSR count). The van der Waals surface area contributed by atoms with Crippen molar-refractivity contribution in [2.75, 3.05) is 85.9 Å². The first kappa shape index (κ1) is 113. The van der Waals surface area contributed by atoms with E-state index in [1.807, 2.05) is 127 Å². The number of ether oxygens (including phenoxy) is 10. The van der Waals surface area contributed by atoms with Crippen molar-refractivity contribution in [1.82, 2.24) is 21.3 Å². The van der Waals surface area contributed by atoms with Crippen LogP contribution in [0.25, 0.3) is 0 Å². The fourth-order valence-corrected chi connectivity index (χ4v) is 17.5. The zero-order valence-electron chi connectivity index (χ0n) is 68.3. The highest BCUT2D eigenvalue weighted by molar-refractivity contribution is 9.09. The molecule has 2 fully saturated rings. The number of para-hydroxylation sites is 5. The maximum atomic E-state index is 13.2. The fraction of sp³-hybridized carbons (Fsp3) is 0.207. The van der Waals surface area contributed by atoms with Gasteiger partial charge in [-0.3, -0.25) is 28.8 Å². The number of urea groups is 1. The maximum absolute atomic E-state index is 13.2. The Morgan fingerprint density at radius 1 is 0.400 bits per heavy atom. The van der Waals surface area contributed by atoms with Crippen LogP contribution in [-0.2, 0) is 87.0 Å². The topological polar surface area (TPSA) is 449 Å². The van der Waals surface area contributed by atoms with Gasteiger partial charge in [0.1, 0.15) is 62.8 Å². The molecule has 8 N–H and O–H groups in total. The van der Waals surface area contributed by atoms with Crippen molar-refractivity contribution < 1.29 is 115 Å². The van der Waals surface area contributed by atoms with Gasteiger partial charge in [-0.1, -0.05) is 157 Å². The first-order valence-electron chi connectivity index (χ1n) is 36.7. The third-order valence-corrected chi connectivity index (χ3v) is 27.0. The molecule has 0 aromatic heterocycles. The molecular weight excluding hydrogens is 1980 g/mol. The molecule has 698 valence electrons. The van der Waals surface area contributed by atoms with Gasteiger partial charge in [0.2, 0.25) is 9.49 Å². The van der Waals surface area contributed by atoms with Crippen LogP contribution in [0.2, 0.25) is 0 Å². The van der Waals surface area contributed by atoms with Gasteiger partial charge >= 0.3 is 40.6 Å². The van der Waals surface area contributed by atoms with Crippen molar-refractivity contribution in [2.45, 2.75) is 53.6 Å². The number of carbonyl (C=O) groups is 7. The first-order chi connectivity index (χ1) is 60.8. The molecule has 43 heteroatoms. The number of nitrogens with one attached hydrogen (secondary N) is 4. The number of benzene rings is 10. The quantitative estimate of drug-likeness (QED) is 0.00698. The molecule has 2 heterocycles. The summed E-state index contributed by atoms with van der Waals surface area (Å²) in [5, 5.41) is 10.7. The lowest BCUT2D eigenvalue weighted by Gasteiger charge is -2.35. The van der Waals surface area contributed by atoms with Crippen LogP contribution in [0.5, 0.6) is 57.5 Å². The Labute approximate surface area is 798 Å². The van der Waals surface area contributed by atoms with Crippen LogP contribution in [0.1, 0.15) is 14.9 Å². The van der Waals surface area contributed by atoms with Gasteiger partial charge in [0, 0.05) is 31.1 Å². The number of carbonyl (C=O) groups excluding carboxylic acids is 7. The second-order valence-electron chi connectivity index (χ2n) is 25.4. The van der Waals surface area contributed by atoms with Crippen molar-refractivity contribution in [2.24, 2.45) is 11.5 Å². The van der Waals surface area contributed by atoms with Gasteiger partial charge in [-0.25, -0.2) is 38.5 Å². The van der Waals surface area contributed by atoms with E-state index in [0.717, 1.165) is 44.8 Å². The molecule has 10 aromatic rings. The highest BCUT2D eigenvalue weighted by Gasteiger charge is 2.56. The minimum Gasteiger partial charge on any atom is -0.468 e. The molecule has 0 saturated carbocycles. The summed E-state index contributed by atoms with van der Waals surface area (Å²) in [6.45, 7) is -2.07. The monoisotopic (exact) mass is 2060 g/mol. The Morgan fingerprint density at radius 3 is 0.885 bits per heavy atom. The Kier molecular flexibility index (Phi) is 48.6. The summed E-state index contributed by atoms with van der Waals surface area (Å²) in [4.78, 5) is 78.9. The van der Waals surface area contributed by atoms with Gasteiger partial charge in [-0.05, 0) is 217 Å². The van der Waals surface area contributed by atoms with Crippen LogP contribution in [0, 0.1) is 0 Å². The molecule has 0 spiro atoms. The number of methoxy groups -OCH3 is 5. The van der Waals surface area contributed by atoms with Gasteiger partial charge in [0.05, 0.1) is 68.2 Å². The third-order valence-electron chi connectivity index (χ3n) is 17.2. The number of hydrogen-bond acceptors (Lipinski definition) is 30. The molecule has 2 saturated heterocycles. The van der Waals surface area contributed by atoms with E-state index in [1.54, 1.807) is 60.7 Å². The lowest BCUT2D eigenvalue weighted by atomic mass is 10.1. The molecule has 130 heavy (non-hydrogen) atoms. The largest absolute Gasteiger partial charge is 0.468 e. The first-order valence-corrected chi connectivity index (χ1v) is 46.7. The summed E-state index contributed by atoms with van der Waals surface area (Å²) in [5.74, 6) is 1.59. The minimum atomic E-state index is -4.16. The zero-order valence-corrected chi connectivity index (χ0v) is 78.7. The standard InChI is InChI=1S/C18H18N2O6S.C18H18N2O5S2.C17H20N2O5S.C15H14O5S.C12H10OS.C3H5BrO2.CCl2O.CCl2S.2CH4/c1-25-16(21)18(11-19-17(22)20-12-18)27(23,24)15-9-7-14(8-10-15)26-13-5-3-2-4-6-13;1-24-16(21)18(11-19-17(26)20-12-18)27(22,23)15-9-7-14(8-10-15)25-13-5-3-2-4-6-13;1-23-16(20)17(11-18,12-19)25(21,22)15-9-7-14(8-10-15)24-13-5-3-2-4-6-13;1-19-15(16)11-21(17,18)14-9-7-13(8-10-14)20-12-5-3-2-4-6-12;14-12-8-6-11(7-9-12)13-10-4-2-1-3-5-10;1-6-3(5)2-4;2*2-1(3)4;;/h2-10H,11-12H2,1H3,(H2,19,20,22);2-10H,11-12H2,1H3,(H2,19,20,26);2-10H,11-12,18-19H2,1H3;2-10H,11H2,1H3;1-9,14H;2H2,1H3;;;2*1H4. The predicted octanol–water partition coefficient (Wildman–Crippen LogP) is 15.6. The number of sulfone groups is 4. The van der Waals surface area contributed by atoms with Crippen LogP contribution in [0.3, 0.4) is 0 Å². The van der Waals surface area contributed by atoms with Crippen LogP contribution < -0.4 is 56.4 Å². The van der Waals surface area contributed by atoms with Gasteiger partial charge in [0.15, 0.2) is 58.7 Å². The molecular formula is C87H93BrCl4N6O25S7. The van der Waals surface area contributed by atoms with Crippen LogP contribution in [0.4, 0.5) is 9.59 Å². The highest BCUT2D eigenvalue weighted by Crippen LogP contribution is 2.35. The van der Waals surface area contributed by atoms with E-state index in [9.17, 15) is 62.4 Å². The summed E-state index contributed by atoms with van der Waals surface area (Å²) in [6.07, 6.45) is 0. The summed E-state index contributed by atoms with van der Waals surface area (Å²) >= 11 is 34.5. The van der Waals surface area contributed by atoms with E-state index in [4.69, 9.17) is 84.8 Å². The number of thiol groups is 1. The fourth-order valence-electron chi connectivity index (χ4n) is 10.6. The summed E-state index contributed by atoms with van der Waals surface area (Å²) in [6, 6.07) is 76.3. The van der Waals surface area contributed by atoms with Gasteiger partial charge in [-0.2, -0.15) is 0 Å². The normalized spacial score (nSPS) is 12.5. The average Bonchev–Trinajstić information content (AvgIpc) is 0.748. The number of rotatable bonds is 25. The Morgan fingerprint density at radius 2 is 0.646 bits per heavy atom. The number of amides is 2. The molecule has 2 amide bonds. The lowest BCUT2D eigenvalue weighted by molar-refractivity contribution is -0.144.